The number of carbonyl (C=O) groups excluding carboxylic acids is 1. The highest BCUT2D eigenvalue weighted by atomic mass is 79.9. The number of halogens is 1. The molecule has 0 aromatic carbocycles. The van der Waals surface area contributed by atoms with Gasteiger partial charge in [0.25, 0.3) is 0 Å². The van der Waals surface area contributed by atoms with E-state index in [4.69, 9.17) is 0 Å². The lowest BCUT2D eigenvalue weighted by Gasteiger charge is -2.23. The molecule has 1 aliphatic carbocycles. The molecule has 1 saturated carbocycles. The number of carbonyl (C=O) groups is 1. The van der Waals surface area contributed by atoms with Crippen LogP contribution in [0.15, 0.2) is 10.7 Å². The van der Waals surface area contributed by atoms with Crippen LogP contribution in [-0.4, -0.2) is 54.2 Å². The minimum Gasteiger partial charge on any atom is -0.317 e. The van der Waals surface area contributed by atoms with Crippen molar-refractivity contribution in [2.75, 3.05) is 33.7 Å². The summed E-state index contributed by atoms with van der Waals surface area (Å²) in [6.45, 7) is 3.73. The summed E-state index contributed by atoms with van der Waals surface area (Å²) in [6.07, 6.45) is 5.07. The average molecular weight is 355 g/mol. The zero-order chi connectivity index (χ0) is 15.0. The fraction of sp³-hybridized carbons (Fsp3) is 0.733. The van der Waals surface area contributed by atoms with E-state index in [9.17, 15) is 4.79 Å². The molecule has 0 bridgehead atoms. The van der Waals surface area contributed by atoms with Crippen LogP contribution < -0.4 is 5.32 Å². The molecule has 1 aliphatic heterocycles. The highest BCUT2D eigenvalue weighted by molar-refractivity contribution is 9.10. The van der Waals surface area contributed by atoms with Gasteiger partial charge in [-0.3, -0.25) is 9.48 Å². The summed E-state index contributed by atoms with van der Waals surface area (Å²) in [5.41, 5.74) is 1.04. The molecule has 5 nitrogen and oxygen atoms in total. The van der Waals surface area contributed by atoms with Gasteiger partial charge in [-0.15, -0.1) is 0 Å². The van der Waals surface area contributed by atoms with Gasteiger partial charge in [0.2, 0.25) is 0 Å². The maximum atomic E-state index is 12.9. The number of Topliss-reactive ketones (excluding diaryl/α,β-unsaturated/α-hetero) is 1. The molecule has 1 atom stereocenters. The quantitative estimate of drug-likeness (QED) is 0.818. The van der Waals surface area contributed by atoms with Gasteiger partial charge in [-0.1, -0.05) is 0 Å². The van der Waals surface area contributed by atoms with Gasteiger partial charge in [0, 0.05) is 12.5 Å². The van der Waals surface area contributed by atoms with E-state index >= 15 is 0 Å². The third-order valence-corrected chi connectivity index (χ3v) is 5.47. The fourth-order valence-electron chi connectivity index (χ4n) is 3.43. The van der Waals surface area contributed by atoms with Crippen LogP contribution in [0.4, 0.5) is 0 Å². The van der Waals surface area contributed by atoms with Gasteiger partial charge in [0.15, 0.2) is 5.78 Å². The molecule has 1 unspecified atom stereocenters. The number of rotatable bonds is 5. The zero-order valence-corrected chi connectivity index (χ0v) is 14.3. The molecule has 2 heterocycles. The Hall–Kier alpha value is -0.720. The summed E-state index contributed by atoms with van der Waals surface area (Å²) in [6, 6.07) is 0. The van der Waals surface area contributed by atoms with Crippen molar-refractivity contribution in [2.45, 2.75) is 25.8 Å². The first kappa shape index (κ1) is 15.2. The van der Waals surface area contributed by atoms with E-state index in [0.717, 1.165) is 55.6 Å². The normalized spacial score (nSPS) is 23.7. The molecule has 0 radical (unpaired) electrons. The maximum absolute atomic E-state index is 12.9. The molecule has 1 aromatic heterocycles. The molecule has 1 spiro atoms. The van der Waals surface area contributed by atoms with Crippen LogP contribution in [0.5, 0.6) is 0 Å². The summed E-state index contributed by atoms with van der Waals surface area (Å²) in [5, 5.41) is 7.75. The number of piperidine rings is 1. The lowest BCUT2D eigenvalue weighted by Crippen LogP contribution is -2.31. The van der Waals surface area contributed by atoms with E-state index in [1.54, 1.807) is 6.20 Å². The maximum Gasteiger partial charge on any atom is 0.185 e. The topological polar surface area (TPSA) is 50.2 Å². The summed E-state index contributed by atoms with van der Waals surface area (Å²) < 4.78 is 2.70. The number of hydrogen-bond acceptors (Lipinski definition) is 4. The molecule has 1 saturated heterocycles. The van der Waals surface area contributed by atoms with Crippen LogP contribution in [0.2, 0.25) is 0 Å². The number of nitrogens with one attached hydrogen (secondary N) is 1. The SMILES string of the molecule is CN(C)CCn1ncc(Br)c1C(=O)C1CC12CCNCC2. The third kappa shape index (κ3) is 2.94. The predicted molar refractivity (Wildman–Crippen MR) is 85.5 cm³/mol. The summed E-state index contributed by atoms with van der Waals surface area (Å²) >= 11 is 3.50. The van der Waals surface area contributed by atoms with Crippen molar-refractivity contribution in [1.29, 1.82) is 0 Å². The van der Waals surface area contributed by atoms with Gasteiger partial charge in [-0.2, -0.15) is 5.10 Å². The smallest absolute Gasteiger partial charge is 0.185 e. The minimum atomic E-state index is 0.200. The second-order valence-corrected chi connectivity index (χ2v) is 7.46. The molecule has 3 rings (SSSR count). The van der Waals surface area contributed by atoms with Crippen molar-refractivity contribution >= 4 is 21.7 Å². The van der Waals surface area contributed by atoms with E-state index in [2.05, 4.69) is 31.2 Å². The summed E-state index contributed by atoms with van der Waals surface area (Å²) in [5.74, 6) is 0.478. The second-order valence-electron chi connectivity index (χ2n) is 6.60. The first-order valence-corrected chi connectivity index (χ1v) is 8.44. The van der Waals surface area contributed by atoms with Crippen LogP contribution in [0.3, 0.4) is 0 Å². The van der Waals surface area contributed by atoms with Crippen LogP contribution in [-0.2, 0) is 6.54 Å². The second kappa shape index (κ2) is 5.82. The molecule has 2 aliphatic rings. The molecule has 1 N–H and O–H groups in total. The molecule has 1 aromatic rings. The Bertz CT molecular complexity index is 534. The van der Waals surface area contributed by atoms with Gasteiger partial charge < -0.3 is 10.2 Å². The van der Waals surface area contributed by atoms with Crippen molar-refractivity contribution < 1.29 is 4.79 Å². The number of nitrogens with zero attached hydrogens (tertiary/aromatic N) is 3. The highest BCUT2D eigenvalue weighted by Gasteiger charge is 2.58. The van der Waals surface area contributed by atoms with Gasteiger partial charge in [-0.05, 0) is 67.8 Å². The molecule has 21 heavy (non-hydrogen) atoms. The van der Waals surface area contributed by atoms with Crippen LogP contribution in [0.25, 0.3) is 0 Å². The first-order valence-electron chi connectivity index (χ1n) is 7.64. The molecular weight excluding hydrogens is 332 g/mol. The number of hydrogen-bond donors (Lipinski definition) is 1. The molecule has 0 amide bonds. The molecule has 116 valence electrons. The van der Waals surface area contributed by atoms with E-state index in [1.807, 2.05) is 18.8 Å². The molecule has 6 heteroatoms. The van der Waals surface area contributed by atoms with E-state index in [1.165, 1.54) is 0 Å². The Kier molecular flexibility index (Phi) is 4.21. The molecular formula is C15H23BrN4O. The van der Waals surface area contributed by atoms with Crippen LogP contribution >= 0.6 is 15.9 Å². The predicted octanol–water partition coefficient (Wildman–Crippen LogP) is 1.78. The largest absolute Gasteiger partial charge is 0.317 e. The Morgan fingerprint density at radius 1 is 1.52 bits per heavy atom. The Labute approximate surface area is 134 Å². The average Bonchev–Trinajstić information content (AvgIpc) is 3.01. The highest BCUT2D eigenvalue weighted by Crippen LogP contribution is 2.59. The van der Waals surface area contributed by atoms with Crippen molar-refractivity contribution in [3.05, 3.63) is 16.4 Å². The van der Waals surface area contributed by atoms with Crippen molar-refractivity contribution in [3.8, 4) is 0 Å². The monoisotopic (exact) mass is 354 g/mol. The lowest BCUT2D eigenvalue weighted by molar-refractivity contribution is 0.0928. The third-order valence-electron chi connectivity index (χ3n) is 4.89. The zero-order valence-electron chi connectivity index (χ0n) is 12.7. The van der Waals surface area contributed by atoms with Crippen molar-refractivity contribution in [3.63, 3.8) is 0 Å². The minimum absolute atomic E-state index is 0.200. The first-order chi connectivity index (χ1) is 10.0. The van der Waals surface area contributed by atoms with Gasteiger partial charge in [0.05, 0.1) is 17.2 Å². The van der Waals surface area contributed by atoms with Gasteiger partial charge in [-0.25, -0.2) is 0 Å². The molecule has 2 fully saturated rings. The van der Waals surface area contributed by atoms with E-state index < -0.39 is 0 Å². The summed E-state index contributed by atoms with van der Waals surface area (Å²) in [7, 11) is 4.07. The number of aromatic nitrogens is 2. The Morgan fingerprint density at radius 3 is 2.90 bits per heavy atom. The fourth-order valence-corrected chi connectivity index (χ4v) is 3.92. The summed E-state index contributed by atoms with van der Waals surface area (Å²) in [4.78, 5) is 15.0. The Morgan fingerprint density at radius 2 is 2.24 bits per heavy atom. The lowest BCUT2D eigenvalue weighted by atomic mass is 9.90. The van der Waals surface area contributed by atoms with E-state index in [-0.39, 0.29) is 17.1 Å². The number of ketones is 1. The van der Waals surface area contributed by atoms with Crippen LogP contribution in [0.1, 0.15) is 29.8 Å². The standard InChI is InChI=1S/C15H23BrN4O/c1-19(2)7-8-20-13(12(16)10-18-20)14(21)11-9-15(11)3-5-17-6-4-15/h10-11,17H,3-9H2,1-2H3. The van der Waals surface area contributed by atoms with E-state index in [0.29, 0.717) is 0 Å². The van der Waals surface area contributed by atoms with Crippen molar-refractivity contribution in [1.82, 2.24) is 20.0 Å². The Balaban J connectivity index is 1.74. The van der Waals surface area contributed by atoms with Gasteiger partial charge in [0.1, 0.15) is 5.69 Å². The van der Waals surface area contributed by atoms with Crippen molar-refractivity contribution in [2.24, 2.45) is 11.3 Å². The number of likely N-dealkylation sites (N-methyl/N-ethyl adjacent to an activating group) is 1. The van der Waals surface area contributed by atoms with Crippen LogP contribution in [0, 0.1) is 11.3 Å². The van der Waals surface area contributed by atoms with Gasteiger partial charge >= 0.3 is 0 Å².